The Hall–Kier alpha value is -3.92. The molecular weight excluding hydrogens is 480 g/mol. The third-order valence-corrected chi connectivity index (χ3v) is 7.27. The molecule has 4 aromatic rings. The molecule has 37 heavy (non-hydrogen) atoms. The molecule has 2 aliphatic heterocycles. The molecule has 0 radical (unpaired) electrons. The molecular formula is C27H25F2N5O3. The highest BCUT2D eigenvalue weighted by atomic mass is 19.3. The lowest BCUT2D eigenvalue weighted by atomic mass is 9.97. The molecule has 10 heteroatoms. The number of nitrogens with zero attached hydrogens (tertiary/aromatic N) is 5. The Morgan fingerprint density at radius 2 is 1.92 bits per heavy atom. The van der Waals surface area contributed by atoms with Crippen molar-refractivity contribution in [3.05, 3.63) is 71.6 Å². The van der Waals surface area contributed by atoms with Crippen molar-refractivity contribution >= 4 is 16.9 Å². The van der Waals surface area contributed by atoms with Crippen molar-refractivity contribution in [1.82, 2.24) is 24.4 Å². The van der Waals surface area contributed by atoms with Crippen molar-refractivity contribution in [1.29, 1.82) is 0 Å². The maximum atomic E-state index is 13.3. The summed E-state index contributed by atoms with van der Waals surface area (Å²) in [6.07, 6.45) is 4.59. The maximum Gasteiger partial charge on any atom is 0.387 e. The fraction of sp³-hybridized carbons (Fsp3) is 0.333. The Morgan fingerprint density at radius 1 is 1.14 bits per heavy atom. The molecule has 4 heterocycles. The summed E-state index contributed by atoms with van der Waals surface area (Å²) in [6.45, 7) is -1.02. The zero-order valence-electron chi connectivity index (χ0n) is 20.3. The Balaban J connectivity index is 1.48. The molecule has 190 valence electrons. The first-order valence-electron chi connectivity index (χ1n) is 12.2. The molecule has 0 aliphatic carbocycles. The average molecular weight is 506 g/mol. The number of rotatable bonds is 6. The van der Waals surface area contributed by atoms with Crippen LogP contribution in [0.3, 0.4) is 0 Å². The molecule has 3 atom stereocenters. The van der Waals surface area contributed by atoms with Crippen LogP contribution < -0.4 is 4.74 Å². The van der Waals surface area contributed by atoms with Crippen LogP contribution >= 0.6 is 0 Å². The third kappa shape index (κ3) is 3.74. The van der Waals surface area contributed by atoms with Gasteiger partial charge >= 0.3 is 6.61 Å². The first-order chi connectivity index (χ1) is 17.9. The second-order valence-electron chi connectivity index (χ2n) is 9.46. The SMILES string of the molecule is CCC[C@@H](O)c1ncc(-c2ccc3nc4n(c3c2)[C@@H]2C[C@H]4N(C)C(=O)c3cccc(OC(F)F)c32)cn1. The number of hydrogen-bond donors (Lipinski definition) is 1. The van der Waals surface area contributed by atoms with Crippen LogP contribution in [-0.4, -0.2) is 49.1 Å². The van der Waals surface area contributed by atoms with Crippen molar-refractivity contribution in [2.45, 2.75) is 51.0 Å². The fourth-order valence-electron chi connectivity index (χ4n) is 5.52. The molecule has 2 aromatic heterocycles. The number of alkyl halides is 2. The van der Waals surface area contributed by atoms with Crippen LogP contribution in [0.4, 0.5) is 8.78 Å². The van der Waals surface area contributed by atoms with E-state index in [1.807, 2.05) is 29.7 Å². The van der Waals surface area contributed by atoms with Gasteiger partial charge in [0.05, 0.1) is 23.1 Å². The van der Waals surface area contributed by atoms with Crippen molar-refractivity contribution in [3.8, 4) is 16.9 Å². The number of hydrogen-bond acceptors (Lipinski definition) is 6. The summed E-state index contributed by atoms with van der Waals surface area (Å²) < 4.78 is 33.5. The lowest BCUT2D eigenvalue weighted by Crippen LogP contribution is -2.30. The molecule has 1 amide bonds. The zero-order valence-corrected chi connectivity index (χ0v) is 20.3. The molecule has 0 spiro atoms. The van der Waals surface area contributed by atoms with E-state index < -0.39 is 18.8 Å². The van der Waals surface area contributed by atoms with Crippen molar-refractivity contribution < 1.29 is 23.4 Å². The van der Waals surface area contributed by atoms with Gasteiger partial charge in [-0.3, -0.25) is 4.79 Å². The van der Waals surface area contributed by atoms with E-state index >= 15 is 0 Å². The van der Waals surface area contributed by atoms with Crippen LogP contribution in [-0.2, 0) is 0 Å². The van der Waals surface area contributed by atoms with Gasteiger partial charge in [0.2, 0.25) is 0 Å². The van der Waals surface area contributed by atoms with Gasteiger partial charge in [0.15, 0.2) is 5.82 Å². The Bertz CT molecular complexity index is 1500. The largest absolute Gasteiger partial charge is 0.434 e. The van der Waals surface area contributed by atoms with E-state index in [4.69, 9.17) is 9.72 Å². The smallest absolute Gasteiger partial charge is 0.387 e. The minimum absolute atomic E-state index is 0.000352. The van der Waals surface area contributed by atoms with E-state index in [0.29, 0.717) is 35.6 Å². The summed E-state index contributed by atoms with van der Waals surface area (Å²) in [5.41, 5.74) is 3.98. The topological polar surface area (TPSA) is 93.4 Å². The van der Waals surface area contributed by atoms with Crippen LogP contribution in [0.1, 0.15) is 71.9 Å². The normalized spacial score (nSPS) is 19.2. The van der Waals surface area contributed by atoms with Crippen molar-refractivity contribution in [2.75, 3.05) is 7.05 Å². The van der Waals surface area contributed by atoms with Gasteiger partial charge in [0, 0.05) is 42.6 Å². The van der Waals surface area contributed by atoms with Gasteiger partial charge in [-0.05, 0) is 36.2 Å². The van der Waals surface area contributed by atoms with Crippen LogP contribution in [0.5, 0.6) is 5.75 Å². The second kappa shape index (κ2) is 8.88. The summed E-state index contributed by atoms with van der Waals surface area (Å²) in [4.78, 5) is 28.4. The third-order valence-electron chi connectivity index (χ3n) is 7.27. The van der Waals surface area contributed by atoms with Crippen LogP contribution in [0.15, 0.2) is 48.8 Å². The van der Waals surface area contributed by atoms with Gasteiger partial charge in [-0.15, -0.1) is 0 Å². The number of halogens is 2. The number of carbonyl (C=O) groups excluding carboxylic acids is 1. The fourth-order valence-corrected chi connectivity index (χ4v) is 5.52. The summed E-state index contributed by atoms with van der Waals surface area (Å²) in [5.74, 6) is 0.849. The lowest BCUT2D eigenvalue weighted by Gasteiger charge is -2.24. The van der Waals surface area contributed by atoms with E-state index in [0.717, 1.165) is 28.6 Å². The standard InChI is InChI=1S/C27H25F2N5O3/c1-3-5-21(35)24-30-12-15(13-31-24)14-8-9-17-18(10-14)34-19-11-20(25(34)32-17)33(2)26(36)16-6-4-7-22(23(16)19)37-27(28)29/h4,6-10,12-13,19-21,27,35H,3,5,11H2,1-2H3/t19-,20-,21-/m1/s1. The number of imidazole rings is 1. The molecule has 0 saturated heterocycles. The molecule has 0 fully saturated rings. The lowest BCUT2D eigenvalue weighted by molar-refractivity contribution is -0.0507. The number of benzene rings is 2. The number of aromatic nitrogens is 4. The Morgan fingerprint density at radius 3 is 2.65 bits per heavy atom. The predicted octanol–water partition coefficient (Wildman–Crippen LogP) is 5.05. The van der Waals surface area contributed by atoms with E-state index in [1.54, 1.807) is 36.5 Å². The molecule has 2 aliphatic rings. The highest BCUT2D eigenvalue weighted by Crippen LogP contribution is 2.50. The monoisotopic (exact) mass is 505 g/mol. The van der Waals surface area contributed by atoms with Gasteiger partial charge in [-0.2, -0.15) is 8.78 Å². The van der Waals surface area contributed by atoms with E-state index in [2.05, 4.69) is 9.97 Å². The van der Waals surface area contributed by atoms with Crippen LogP contribution in [0.2, 0.25) is 0 Å². The number of ether oxygens (including phenoxy) is 1. The maximum absolute atomic E-state index is 13.3. The molecule has 6 rings (SSSR count). The highest BCUT2D eigenvalue weighted by Gasteiger charge is 2.45. The van der Waals surface area contributed by atoms with Gasteiger partial charge < -0.3 is 19.3 Å². The highest BCUT2D eigenvalue weighted by molar-refractivity contribution is 5.98. The van der Waals surface area contributed by atoms with Gasteiger partial charge in [-0.25, -0.2) is 15.0 Å². The summed E-state index contributed by atoms with van der Waals surface area (Å²) in [6, 6.07) is 9.78. The van der Waals surface area contributed by atoms with Crippen LogP contribution in [0.25, 0.3) is 22.2 Å². The van der Waals surface area contributed by atoms with E-state index in [-0.39, 0.29) is 17.7 Å². The first-order valence-corrected chi connectivity index (χ1v) is 12.2. The molecule has 0 unspecified atom stereocenters. The van der Waals surface area contributed by atoms with E-state index in [9.17, 15) is 18.7 Å². The Labute approximate surface area is 211 Å². The van der Waals surface area contributed by atoms with Crippen LogP contribution in [0, 0.1) is 0 Å². The van der Waals surface area contributed by atoms with Gasteiger partial charge in [0.1, 0.15) is 17.7 Å². The van der Waals surface area contributed by atoms with E-state index in [1.165, 1.54) is 6.07 Å². The van der Waals surface area contributed by atoms with Gasteiger partial charge in [-0.1, -0.05) is 25.5 Å². The number of fused-ring (bicyclic) bond motifs is 9. The molecule has 1 N–H and O–H groups in total. The zero-order chi connectivity index (χ0) is 25.8. The predicted molar refractivity (Wildman–Crippen MR) is 131 cm³/mol. The Kier molecular flexibility index (Phi) is 5.63. The minimum atomic E-state index is -3.01. The van der Waals surface area contributed by atoms with Gasteiger partial charge in [0.25, 0.3) is 5.91 Å². The second-order valence-corrected chi connectivity index (χ2v) is 9.46. The summed E-state index contributed by atoms with van der Waals surface area (Å²) >= 11 is 0. The minimum Gasteiger partial charge on any atom is -0.434 e. The first kappa shape index (κ1) is 23.5. The molecule has 8 nitrogen and oxygen atoms in total. The number of aliphatic hydroxyl groups is 1. The average Bonchev–Trinajstić information content (AvgIpc) is 3.41. The summed E-state index contributed by atoms with van der Waals surface area (Å²) in [5, 5.41) is 10.2. The number of amides is 1. The number of aliphatic hydroxyl groups excluding tert-OH is 1. The van der Waals surface area contributed by atoms with Crippen molar-refractivity contribution in [2.24, 2.45) is 0 Å². The van der Waals surface area contributed by atoms with Crippen molar-refractivity contribution in [3.63, 3.8) is 0 Å². The molecule has 0 saturated carbocycles. The summed E-state index contributed by atoms with van der Waals surface area (Å²) in [7, 11) is 1.71. The quantitative estimate of drug-likeness (QED) is 0.394. The molecule has 2 aromatic carbocycles. The molecule has 2 bridgehead atoms. The number of carbonyl (C=O) groups is 1.